The molecule has 162 valence electrons. The molecular weight excluding hydrogens is 415 g/mol. The van der Waals surface area contributed by atoms with Crippen LogP contribution in [0.15, 0.2) is 18.2 Å². The van der Waals surface area contributed by atoms with Crippen LogP contribution < -0.4 is 4.74 Å². The third-order valence-electron chi connectivity index (χ3n) is 4.98. The first-order chi connectivity index (χ1) is 13.7. The minimum atomic E-state index is -0.485. The van der Waals surface area contributed by atoms with Gasteiger partial charge in [-0.3, -0.25) is 0 Å². The van der Waals surface area contributed by atoms with Crippen LogP contribution in [-0.2, 0) is 9.47 Å². The number of halogens is 2. The Morgan fingerprint density at radius 1 is 1.17 bits per heavy atom. The van der Waals surface area contributed by atoms with Crippen LogP contribution in [0.2, 0.25) is 10.0 Å². The van der Waals surface area contributed by atoms with Crippen molar-refractivity contribution < 1.29 is 19.0 Å². The molecule has 0 radical (unpaired) electrons. The van der Waals surface area contributed by atoms with E-state index in [4.69, 9.17) is 37.4 Å². The summed E-state index contributed by atoms with van der Waals surface area (Å²) in [6.07, 6.45) is 1.77. The monoisotopic (exact) mass is 444 g/mol. The summed E-state index contributed by atoms with van der Waals surface area (Å²) in [7, 11) is 0. The third kappa shape index (κ3) is 6.92. The Bertz CT molecular complexity index is 702. The van der Waals surface area contributed by atoms with Crippen LogP contribution in [0.5, 0.6) is 5.75 Å². The van der Waals surface area contributed by atoms with E-state index in [2.05, 4.69) is 4.90 Å². The van der Waals surface area contributed by atoms with Crippen LogP contribution in [0.4, 0.5) is 4.79 Å². The zero-order valence-corrected chi connectivity index (χ0v) is 18.8. The number of benzene rings is 1. The Morgan fingerprint density at radius 2 is 1.90 bits per heavy atom. The molecule has 1 aromatic carbocycles. The summed E-state index contributed by atoms with van der Waals surface area (Å²) in [6.45, 7) is 9.99. The Morgan fingerprint density at radius 3 is 2.55 bits per heavy atom. The van der Waals surface area contributed by atoms with Gasteiger partial charge in [-0.05, 0) is 45.7 Å². The van der Waals surface area contributed by atoms with Crippen molar-refractivity contribution in [1.29, 1.82) is 0 Å². The van der Waals surface area contributed by atoms with Gasteiger partial charge >= 0.3 is 6.09 Å². The predicted octanol–water partition coefficient (Wildman–Crippen LogP) is 4.47. The molecule has 0 N–H and O–H groups in total. The molecule has 0 aromatic heterocycles. The number of rotatable bonds is 4. The van der Waals surface area contributed by atoms with Crippen molar-refractivity contribution in [3.8, 4) is 5.75 Å². The standard InChI is InChI=1S/C21H30Cl2N2O4/c1-21(2,3)29-20(26)25-10-11-27-17(14-25)13-24-8-6-15(7-9-24)28-16-4-5-18(22)19(23)12-16/h4-5,12,15,17H,6-11,13-14H2,1-3H3/t17-/m0/s1. The normalized spacial score (nSPS) is 21.8. The lowest BCUT2D eigenvalue weighted by Crippen LogP contribution is -2.52. The van der Waals surface area contributed by atoms with E-state index in [0.29, 0.717) is 29.7 Å². The number of morpholine rings is 1. The van der Waals surface area contributed by atoms with Crippen molar-refractivity contribution in [3.05, 3.63) is 28.2 Å². The predicted molar refractivity (Wildman–Crippen MR) is 114 cm³/mol. The van der Waals surface area contributed by atoms with Gasteiger partial charge in [-0.15, -0.1) is 0 Å². The lowest BCUT2D eigenvalue weighted by atomic mass is 10.1. The molecular formula is C21H30Cl2N2O4. The van der Waals surface area contributed by atoms with Crippen LogP contribution in [-0.4, -0.2) is 73.0 Å². The number of piperidine rings is 1. The fraction of sp³-hybridized carbons (Fsp3) is 0.667. The highest BCUT2D eigenvalue weighted by Gasteiger charge is 2.30. The van der Waals surface area contributed by atoms with E-state index in [1.54, 1.807) is 17.0 Å². The average Bonchev–Trinajstić information content (AvgIpc) is 2.65. The van der Waals surface area contributed by atoms with Crippen LogP contribution >= 0.6 is 23.2 Å². The minimum absolute atomic E-state index is 0.00353. The second kappa shape index (κ2) is 9.73. The molecule has 1 atom stereocenters. The van der Waals surface area contributed by atoms with Gasteiger partial charge < -0.3 is 24.0 Å². The van der Waals surface area contributed by atoms with E-state index < -0.39 is 5.60 Å². The Hall–Kier alpha value is -1.21. The lowest BCUT2D eigenvalue weighted by Gasteiger charge is -2.38. The highest BCUT2D eigenvalue weighted by atomic mass is 35.5. The molecule has 2 saturated heterocycles. The minimum Gasteiger partial charge on any atom is -0.490 e. The quantitative estimate of drug-likeness (QED) is 0.685. The Balaban J connectivity index is 1.43. The molecule has 29 heavy (non-hydrogen) atoms. The molecule has 2 heterocycles. The van der Waals surface area contributed by atoms with E-state index in [0.717, 1.165) is 38.2 Å². The SMILES string of the molecule is CC(C)(C)OC(=O)N1CCO[C@@H](CN2CCC(Oc3ccc(Cl)c(Cl)c3)CC2)C1. The van der Waals surface area contributed by atoms with E-state index in [1.807, 2.05) is 26.8 Å². The van der Waals surface area contributed by atoms with Gasteiger partial charge in [-0.1, -0.05) is 23.2 Å². The molecule has 0 bridgehead atoms. The van der Waals surface area contributed by atoms with Gasteiger partial charge in [-0.2, -0.15) is 0 Å². The molecule has 2 aliphatic rings. The molecule has 0 aliphatic carbocycles. The zero-order chi connectivity index (χ0) is 21.0. The van der Waals surface area contributed by atoms with Crippen molar-refractivity contribution in [2.24, 2.45) is 0 Å². The number of carbonyl (C=O) groups is 1. The molecule has 2 fully saturated rings. The van der Waals surface area contributed by atoms with Gasteiger partial charge in [-0.25, -0.2) is 4.79 Å². The zero-order valence-electron chi connectivity index (χ0n) is 17.3. The molecule has 1 amide bonds. The number of hydrogen-bond donors (Lipinski definition) is 0. The first kappa shape index (κ1) is 22.5. The number of nitrogens with zero attached hydrogens (tertiary/aromatic N) is 2. The molecule has 8 heteroatoms. The van der Waals surface area contributed by atoms with E-state index in [9.17, 15) is 4.79 Å². The fourth-order valence-electron chi connectivity index (χ4n) is 3.56. The van der Waals surface area contributed by atoms with Crippen molar-refractivity contribution in [3.63, 3.8) is 0 Å². The van der Waals surface area contributed by atoms with Crippen LogP contribution in [0.25, 0.3) is 0 Å². The Kier molecular flexibility index (Phi) is 7.54. The number of hydrogen-bond acceptors (Lipinski definition) is 5. The largest absolute Gasteiger partial charge is 0.490 e. The van der Waals surface area contributed by atoms with Crippen molar-refractivity contribution >= 4 is 29.3 Å². The van der Waals surface area contributed by atoms with Gasteiger partial charge in [0.05, 0.1) is 29.3 Å². The molecule has 6 nitrogen and oxygen atoms in total. The summed E-state index contributed by atoms with van der Waals surface area (Å²) in [5.74, 6) is 0.751. The molecule has 0 spiro atoms. The first-order valence-electron chi connectivity index (χ1n) is 10.1. The van der Waals surface area contributed by atoms with Gasteiger partial charge in [0, 0.05) is 32.2 Å². The summed E-state index contributed by atoms with van der Waals surface area (Å²) in [5.41, 5.74) is -0.485. The third-order valence-corrected chi connectivity index (χ3v) is 5.72. The topological polar surface area (TPSA) is 51.2 Å². The number of amides is 1. The Labute approximate surface area is 183 Å². The second-order valence-electron chi connectivity index (χ2n) is 8.61. The smallest absolute Gasteiger partial charge is 0.410 e. The summed E-state index contributed by atoms with van der Waals surface area (Å²) >= 11 is 12.0. The van der Waals surface area contributed by atoms with Crippen LogP contribution in [0.3, 0.4) is 0 Å². The highest BCUT2D eigenvalue weighted by molar-refractivity contribution is 6.42. The fourth-order valence-corrected chi connectivity index (χ4v) is 3.85. The van der Waals surface area contributed by atoms with Gasteiger partial charge in [0.2, 0.25) is 0 Å². The van der Waals surface area contributed by atoms with Crippen LogP contribution in [0.1, 0.15) is 33.6 Å². The number of ether oxygens (including phenoxy) is 3. The highest BCUT2D eigenvalue weighted by Crippen LogP contribution is 2.28. The van der Waals surface area contributed by atoms with Crippen molar-refractivity contribution in [2.75, 3.05) is 39.3 Å². The summed E-state index contributed by atoms with van der Waals surface area (Å²) < 4.78 is 17.4. The van der Waals surface area contributed by atoms with Gasteiger partial charge in [0.25, 0.3) is 0 Å². The molecule has 0 unspecified atom stereocenters. The number of carbonyl (C=O) groups excluding carboxylic acids is 1. The lowest BCUT2D eigenvalue weighted by molar-refractivity contribution is -0.0560. The second-order valence-corrected chi connectivity index (χ2v) is 9.43. The van der Waals surface area contributed by atoms with Crippen molar-refractivity contribution in [2.45, 2.75) is 51.4 Å². The van der Waals surface area contributed by atoms with E-state index >= 15 is 0 Å². The van der Waals surface area contributed by atoms with Gasteiger partial charge in [0.1, 0.15) is 17.5 Å². The summed E-state index contributed by atoms with van der Waals surface area (Å²) in [4.78, 5) is 16.4. The molecule has 0 saturated carbocycles. The summed E-state index contributed by atoms with van der Waals surface area (Å²) in [6, 6.07) is 5.37. The molecule has 3 rings (SSSR count). The average molecular weight is 445 g/mol. The van der Waals surface area contributed by atoms with Crippen LogP contribution in [0, 0.1) is 0 Å². The summed E-state index contributed by atoms with van der Waals surface area (Å²) in [5, 5.41) is 1.03. The maximum absolute atomic E-state index is 12.3. The maximum Gasteiger partial charge on any atom is 0.410 e. The van der Waals surface area contributed by atoms with E-state index in [1.165, 1.54) is 0 Å². The number of likely N-dealkylation sites (tertiary alicyclic amines) is 1. The van der Waals surface area contributed by atoms with Gasteiger partial charge in [0.15, 0.2) is 0 Å². The molecule has 1 aromatic rings. The molecule has 2 aliphatic heterocycles. The first-order valence-corrected chi connectivity index (χ1v) is 10.9. The van der Waals surface area contributed by atoms with E-state index in [-0.39, 0.29) is 18.3 Å². The van der Waals surface area contributed by atoms with Crippen molar-refractivity contribution in [1.82, 2.24) is 9.80 Å². The maximum atomic E-state index is 12.3.